The minimum atomic E-state index is -0.0519. The van der Waals surface area contributed by atoms with Gasteiger partial charge in [0.2, 0.25) is 0 Å². The predicted octanol–water partition coefficient (Wildman–Crippen LogP) is 1.14. The maximum Gasteiger partial charge on any atom is 0.195 e. The second kappa shape index (κ2) is 4.16. The summed E-state index contributed by atoms with van der Waals surface area (Å²) in [6.07, 6.45) is 7.54. The molecule has 1 fully saturated rings. The fourth-order valence-corrected chi connectivity index (χ4v) is 2.12. The first kappa shape index (κ1) is 10.4. The molecule has 2 rings (SSSR count). The van der Waals surface area contributed by atoms with Crippen molar-refractivity contribution in [3.8, 4) is 0 Å². The van der Waals surface area contributed by atoms with Gasteiger partial charge in [-0.1, -0.05) is 25.5 Å². The van der Waals surface area contributed by atoms with Crippen LogP contribution < -0.4 is 0 Å². The maximum atomic E-state index is 11.6. The zero-order valence-electron chi connectivity index (χ0n) is 8.89. The molecule has 2 heterocycles. The summed E-state index contributed by atoms with van der Waals surface area (Å²) >= 11 is 0. The summed E-state index contributed by atoms with van der Waals surface area (Å²) in [7, 11) is 0. The second-order valence-electron chi connectivity index (χ2n) is 3.92. The Kier molecular flexibility index (Phi) is 2.88. The van der Waals surface area contributed by atoms with Crippen molar-refractivity contribution in [3.05, 3.63) is 23.9 Å². The van der Waals surface area contributed by atoms with Crippen LogP contribution in [0.1, 0.15) is 19.8 Å². The third-order valence-electron chi connectivity index (χ3n) is 2.84. The number of rotatable bonds is 2. The first-order chi connectivity index (χ1) is 7.24. The van der Waals surface area contributed by atoms with Crippen LogP contribution in [-0.4, -0.2) is 40.2 Å². The van der Waals surface area contributed by atoms with E-state index < -0.39 is 0 Å². The van der Waals surface area contributed by atoms with E-state index in [1.165, 1.54) is 0 Å². The lowest BCUT2D eigenvalue weighted by atomic mass is 10.1. The Labute approximate surface area is 89.4 Å². The van der Waals surface area contributed by atoms with Crippen LogP contribution in [0.5, 0.6) is 0 Å². The molecule has 0 aromatic rings. The van der Waals surface area contributed by atoms with Crippen molar-refractivity contribution in [3.63, 3.8) is 0 Å². The number of hydrogen-bond acceptors (Lipinski definition) is 4. The summed E-state index contributed by atoms with van der Waals surface area (Å²) in [5, 5.41) is 10.9. The molecule has 0 radical (unpaired) electrons. The molecular formula is C11H16N2O2. The average molecular weight is 208 g/mol. The Bertz CT molecular complexity index is 323. The van der Waals surface area contributed by atoms with Crippen LogP contribution in [0.15, 0.2) is 23.9 Å². The molecule has 0 aromatic heterocycles. The number of carbonyl (C=O) groups excluding carboxylic acids is 1. The summed E-state index contributed by atoms with van der Waals surface area (Å²) in [4.78, 5) is 13.6. The van der Waals surface area contributed by atoms with Gasteiger partial charge in [0.1, 0.15) is 6.17 Å². The van der Waals surface area contributed by atoms with Gasteiger partial charge in [-0.15, -0.1) is 0 Å². The summed E-state index contributed by atoms with van der Waals surface area (Å²) in [6, 6.07) is 0. The van der Waals surface area contributed by atoms with E-state index in [2.05, 4.69) is 6.92 Å². The highest BCUT2D eigenvalue weighted by atomic mass is 16.5. The number of hydrogen-bond donors (Lipinski definition) is 1. The van der Waals surface area contributed by atoms with Gasteiger partial charge in [0.25, 0.3) is 0 Å². The number of ketones is 1. The highest BCUT2D eigenvalue weighted by Crippen LogP contribution is 2.24. The molecule has 4 nitrogen and oxygen atoms in total. The van der Waals surface area contributed by atoms with E-state index in [9.17, 15) is 10.0 Å². The fraction of sp³-hybridized carbons (Fsp3) is 0.545. The first-order valence-corrected chi connectivity index (χ1v) is 5.36. The van der Waals surface area contributed by atoms with Crippen LogP contribution in [0, 0.1) is 0 Å². The van der Waals surface area contributed by atoms with Gasteiger partial charge < -0.3 is 10.1 Å². The molecule has 82 valence electrons. The topological polar surface area (TPSA) is 43.8 Å². The van der Waals surface area contributed by atoms with Crippen LogP contribution in [-0.2, 0) is 4.79 Å². The number of nitrogens with zero attached hydrogens (tertiary/aromatic N) is 2. The normalized spacial score (nSPS) is 26.5. The van der Waals surface area contributed by atoms with E-state index in [1.807, 2.05) is 23.1 Å². The van der Waals surface area contributed by atoms with Crippen molar-refractivity contribution in [1.82, 2.24) is 9.96 Å². The lowest BCUT2D eigenvalue weighted by Crippen LogP contribution is -2.55. The Hall–Kier alpha value is -1.13. The first-order valence-electron chi connectivity index (χ1n) is 5.36. The van der Waals surface area contributed by atoms with E-state index in [4.69, 9.17) is 0 Å². The molecule has 15 heavy (non-hydrogen) atoms. The number of hydroxylamine groups is 2. The minimum Gasteiger partial charge on any atom is -0.347 e. The highest BCUT2D eigenvalue weighted by Gasteiger charge is 2.35. The van der Waals surface area contributed by atoms with E-state index in [1.54, 1.807) is 0 Å². The molecule has 2 aliphatic rings. The van der Waals surface area contributed by atoms with E-state index >= 15 is 0 Å². The summed E-state index contributed by atoms with van der Waals surface area (Å²) in [5.41, 5.74) is 0.737. The SMILES string of the molecule is CCCC1N(O)CC(=O)C2=CC=CCN21. The second-order valence-corrected chi connectivity index (χ2v) is 3.92. The lowest BCUT2D eigenvalue weighted by molar-refractivity contribution is -0.184. The van der Waals surface area contributed by atoms with Crippen molar-refractivity contribution >= 4 is 5.78 Å². The van der Waals surface area contributed by atoms with E-state index in [0.717, 1.165) is 23.6 Å². The van der Waals surface area contributed by atoms with Crippen LogP contribution in [0.25, 0.3) is 0 Å². The third-order valence-corrected chi connectivity index (χ3v) is 2.84. The number of Topliss-reactive ketones (excluding diaryl/α,β-unsaturated/α-hetero) is 1. The molecule has 1 N–H and O–H groups in total. The molecule has 0 amide bonds. The summed E-state index contributed by atoms with van der Waals surface area (Å²) in [5.74, 6) is -0.00537. The number of allylic oxidation sites excluding steroid dienone is 2. The molecule has 2 aliphatic heterocycles. The quantitative estimate of drug-likeness (QED) is 0.739. The fourth-order valence-electron chi connectivity index (χ4n) is 2.12. The summed E-state index contributed by atoms with van der Waals surface area (Å²) < 4.78 is 0. The smallest absolute Gasteiger partial charge is 0.195 e. The highest BCUT2D eigenvalue weighted by molar-refractivity contribution is 5.97. The third kappa shape index (κ3) is 1.82. The van der Waals surface area contributed by atoms with E-state index in [-0.39, 0.29) is 18.5 Å². The number of carbonyl (C=O) groups is 1. The van der Waals surface area contributed by atoms with Crippen molar-refractivity contribution < 1.29 is 10.0 Å². The van der Waals surface area contributed by atoms with E-state index in [0.29, 0.717) is 6.54 Å². The molecular weight excluding hydrogens is 192 g/mol. The molecule has 1 atom stereocenters. The molecule has 0 bridgehead atoms. The molecule has 0 aromatic carbocycles. The molecule has 0 saturated carbocycles. The number of fused-ring (bicyclic) bond motifs is 1. The van der Waals surface area contributed by atoms with Gasteiger partial charge in [-0.25, -0.2) is 0 Å². The molecule has 0 aliphatic carbocycles. The van der Waals surface area contributed by atoms with Gasteiger partial charge in [-0.2, -0.15) is 5.06 Å². The van der Waals surface area contributed by atoms with Gasteiger partial charge in [0.15, 0.2) is 5.78 Å². The van der Waals surface area contributed by atoms with Crippen molar-refractivity contribution in [2.45, 2.75) is 25.9 Å². The van der Waals surface area contributed by atoms with Crippen LogP contribution in [0.3, 0.4) is 0 Å². The van der Waals surface area contributed by atoms with Crippen molar-refractivity contribution in [2.75, 3.05) is 13.1 Å². The van der Waals surface area contributed by atoms with Crippen molar-refractivity contribution in [1.29, 1.82) is 0 Å². The molecule has 1 unspecified atom stereocenters. The maximum absolute atomic E-state index is 11.6. The van der Waals surface area contributed by atoms with Gasteiger partial charge in [-0.3, -0.25) is 4.79 Å². The zero-order valence-corrected chi connectivity index (χ0v) is 8.89. The largest absolute Gasteiger partial charge is 0.347 e. The predicted molar refractivity (Wildman–Crippen MR) is 56.1 cm³/mol. The zero-order chi connectivity index (χ0) is 10.8. The average Bonchev–Trinajstić information content (AvgIpc) is 2.24. The molecule has 1 saturated heterocycles. The van der Waals surface area contributed by atoms with Gasteiger partial charge in [-0.05, 0) is 12.5 Å². The molecule has 0 spiro atoms. The Morgan fingerprint density at radius 3 is 3.13 bits per heavy atom. The Morgan fingerprint density at radius 1 is 1.60 bits per heavy atom. The Balaban J connectivity index is 2.23. The van der Waals surface area contributed by atoms with Crippen LogP contribution in [0.4, 0.5) is 0 Å². The van der Waals surface area contributed by atoms with Gasteiger partial charge in [0.05, 0.1) is 12.2 Å². The monoisotopic (exact) mass is 208 g/mol. The lowest BCUT2D eigenvalue weighted by Gasteiger charge is -2.43. The standard InChI is InChI=1S/C11H16N2O2/c1-2-5-11-12-7-4-3-6-9(12)10(14)8-13(11)15/h3-4,6,11,15H,2,5,7-8H2,1H3. The van der Waals surface area contributed by atoms with Gasteiger partial charge >= 0.3 is 0 Å². The van der Waals surface area contributed by atoms with Crippen LogP contribution in [0.2, 0.25) is 0 Å². The minimum absolute atomic E-state index is 0.00537. The summed E-state index contributed by atoms with van der Waals surface area (Å²) in [6.45, 7) is 2.90. The van der Waals surface area contributed by atoms with Crippen LogP contribution >= 0.6 is 0 Å². The van der Waals surface area contributed by atoms with Gasteiger partial charge in [0, 0.05) is 6.54 Å². The molecule has 4 heteroatoms. The van der Waals surface area contributed by atoms with Crippen molar-refractivity contribution in [2.24, 2.45) is 0 Å². The Morgan fingerprint density at radius 2 is 2.40 bits per heavy atom.